The van der Waals surface area contributed by atoms with E-state index in [1.165, 1.54) is 23.6 Å². The molecule has 0 saturated heterocycles. The van der Waals surface area contributed by atoms with Crippen LogP contribution in [0.2, 0.25) is 0 Å². The Balaban J connectivity index is 1.60. The summed E-state index contributed by atoms with van der Waals surface area (Å²) in [5.41, 5.74) is 2.30. The molecule has 0 bridgehead atoms. The van der Waals surface area contributed by atoms with Crippen molar-refractivity contribution in [2.24, 2.45) is 5.92 Å². The van der Waals surface area contributed by atoms with Gasteiger partial charge in [0.05, 0.1) is 11.1 Å². The van der Waals surface area contributed by atoms with Crippen molar-refractivity contribution in [1.29, 1.82) is 0 Å². The van der Waals surface area contributed by atoms with E-state index in [0.29, 0.717) is 28.9 Å². The number of aromatic nitrogens is 2. The smallest absolute Gasteiger partial charge is 0.263 e. The van der Waals surface area contributed by atoms with E-state index in [-0.39, 0.29) is 23.0 Å². The van der Waals surface area contributed by atoms with Gasteiger partial charge in [0.1, 0.15) is 4.83 Å². The lowest BCUT2D eigenvalue weighted by molar-refractivity contribution is -0.114. The summed E-state index contributed by atoms with van der Waals surface area (Å²) in [4.78, 5) is 44.1. The number of aryl methyl sites for hydroxylation is 1. The van der Waals surface area contributed by atoms with E-state index >= 15 is 0 Å². The van der Waals surface area contributed by atoms with Crippen LogP contribution in [0.15, 0.2) is 46.9 Å². The summed E-state index contributed by atoms with van der Waals surface area (Å²) < 4.78 is 1.62. The van der Waals surface area contributed by atoms with Crippen LogP contribution < -0.4 is 10.9 Å². The molecule has 3 aromatic rings. The minimum absolute atomic E-state index is 0.0448. The van der Waals surface area contributed by atoms with Gasteiger partial charge in [0, 0.05) is 29.6 Å². The second-order valence-electron chi connectivity index (χ2n) is 8.10. The van der Waals surface area contributed by atoms with Crippen molar-refractivity contribution in [3.63, 3.8) is 0 Å². The summed E-state index contributed by atoms with van der Waals surface area (Å²) in [6.45, 7) is 7.82. The second-order valence-corrected chi connectivity index (χ2v) is 10.1. The number of hydrogen-bond donors (Lipinski definition) is 1. The van der Waals surface area contributed by atoms with E-state index in [2.05, 4.69) is 18.8 Å². The van der Waals surface area contributed by atoms with Gasteiger partial charge in [-0.2, -0.15) is 0 Å². The Morgan fingerprint density at radius 1 is 1.34 bits per heavy atom. The maximum absolute atomic E-state index is 13.3. The van der Waals surface area contributed by atoms with Gasteiger partial charge in [-0.15, -0.1) is 17.9 Å². The van der Waals surface area contributed by atoms with E-state index in [4.69, 9.17) is 4.98 Å². The highest BCUT2D eigenvalue weighted by molar-refractivity contribution is 7.99. The average Bonchev–Trinajstić information content (AvgIpc) is 3.11. The zero-order valence-corrected chi connectivity index (χ0v) is 19.8. The summed E-state index contributed by atoms with van der Waals surface area (Å²) in [7, 11) is 0. The molecule has 0 saturated carbocycles. The normalized spacial score (nSPS) is 15.4. The summed E-state index contributed by atoms with van der Waals surface area (Å²) >= 11 is 2.88. The number of allylic oxidation sites excluding steroid dienone is 1. The highest BCUT2D eigenvalue weighted by atomic mass is 32.2. The number of nitrogens with zero attached hydrogens (tertiary/aromatic N) is 2. The van der Waals surface area contributed by atoms with Crippen LogP contribution in [0.25, 0.3) is 10.2 Å². The zero-order chi connectivity index (χ0) is 22.8. The molecule has 0 fully saturated rings. The van der Waals surface area contributed by atoms with Gasteiger partial charge >= 0.3 is 0 Å². The molecule has 0 spiro atoms. The Hall–Kier alpha value is -2.71. The lowest BCUT2D eigenvalue weighted by Gasteiger charge is -2.17. The molecule has 8 heteroatoms. The lowest BCUT2D eigenvalue weighted by Crippen LogP contribution is -2.24. The molecule has 0 radical (unpaired) electrons. The van der Waals surface area contributed by atoms with Gasteiger partial charge < -0.3 is 5.32 Å². The molecule has 1 atom stereocenters. The highest BCUT2D eigenvalue weighted by Crippen LogP contribution is 2.36. The van der Waals surface area contributed by atoms with E-state index in [1.54, 1.807) is 46.2 Å². The Kier molecular flexibility index (Phi) is 6.62. The number of nitrogens with one attached hydrogen (secondary N) is 1. The van der Waals surface area contributed by atoms with Crippen molar-refractivity contribution in [2.75, 3.05) is 11.1 Å². The number of ketones is 1. The number of rotatable bonds is 7. The fourth-order valence-corrected chi connectivity index (χ4v) is 6.29. The minimum Gasteiger partial charge on any atom is -0.326 e. The SMILES string of the molecule is C=CCn1c(SCC(=O)c2ccc(NC(C)=O)cc2)nc2sc3c(c2c1=O)CCC(C)C3. The molecular weight excluding hydrogens is 442 g/mol. The van der Waals surface area contributed by atoms with E-state index in [1.807, 2.05) is 0 Å². The summed E-state index contributed by atoms with van der Waals surface area (Å²) in [5.74, 6) is 0.556. The van der Waals surface area contributed by atoms with Gasteiger partial charge in [0.25, 0.3) is 5.56 Å². The number of benzene rings is 1. The van der Waals surface area contributed by atoms with Crippen LogP contribution in [0.3, 0.4) is 0 Å². The van der Waals surface area contributed by atoms with Crippen LogP contribution in [-0.2, 0) is 24.2 Å². The first-order chi connectivity index (χ1) is 15.4. The predicted molar refractivity (Wildman–Crippen MR) is 131 cm³/mol. The average molecular weight is 468 g/mol. The number of Topliss-reactive ketones (excluding diaryl/α,β-unsaturated/α-hetero) is 1. The predicted octanol–water partition coefficient (Wildman–Crippen LogP) is 4.70. The Bertz CT molecular complexity index is 1260. The van der Waals surface area contributed by atoms with Crippen molar-refractivity contribution in [3.8, 4) is 0 Å². The van der Waals surface area contributed by atoms with E-state index in [9.17, 15) is 14.4 Å². The summed E-state index contributed by atoms with van der Waals surface area (Å²) in [5, 5.41) is 3.96. The molecule has 2 aromatic heterocycles. The Labute approximate surface area is 194 Å². The van der Waals surface area contributed by atoms with Crippen molar-refractivity contribution in [3.05, 3.63) is 63.3 Å². The maximum atomic E-state index is 13.3. The minimum atomic E-state index is -0.161. The molecule has 1 amide bonds. The maximum Gasteiger partial charge on any atom is 0.263 e. The monoisotopic (exact) mass is 467 g/mol. The number of amides is 1. The number of carbonyl (C=O) groups excluding carboxylic acids is 2. The number of thioether (sulfide) groups is 1. The highest BCUT2D eigenvalue weighted by Gasteiger charge is 2.24. The first-order valence-electron chi connectivity index (χ1n) is 10.6. The molecule has 166 valence electrons. The van der Waals surface area contributed by atoms with Crippen molar-refractivity contribution in [1.82, 2.24) is 9.55 Å². The van der Waals surface area contributed by atoms with Crippen LogP contribution in [0.4, 0.5) is 5.69 Å². The van der Waals surface area contributed by atoms with Crippen LogP contribution >= 0.6 is 23.1 Å². The number of hydrogen-bond acceptors (Lipinski definition) is 6. The van der Waals surface area contributed by atoms with Gasteiger partial charge in [-0.25, -0.2) is 4.98 Å². The molecule has 1 unspecified atom stereocenters. The third kappa shape index (κ3) is 4.56. The molecule has 1 aliphatic carbocycles. The molecule has 1 N–H and O–H groups in total. The van der Waals surface area contributed by atoms with Crippen LogP contribution in [0.1, 0.15) is 41.1 Å². The molecule has 1 aliphatic rings. The summed E-state index contributed by atoms with van der Waals surface area (Å²) in [6.07, 6.45) is 4.68. The first-order valence-corrected chi connectivity index (χ1v) is 12.4. The van der Waals surface area contributed by atoms with Crippen molar-refractivity contribution >= 4 is 50.7 Å². The van der Waals surface area contributed by atoms with Crippen LogP contribution in [-0.4, -0.2) is 27.0 Å². The van der Waals surface area contributed by atoms with Gasteiger partial charge in [-0.05, 0) is 55.0 Å². The topological polar surface area (TPSA) is 81.1 Å². The molecule has 1 aromatic carbocycles. The van der Waals surface area contributed by atoms with E-state index in [0.717, 1.165) is 35.0 Å². The first kappa shape index (κ1) is 22.5. The molecular formula is C24H25N3O3S2. The molecule has 4 rings (SSSR count). The summed E-state index contributed by atoms with van der Waals surface area (Å²) in [6, 6.07) is 6.79. The van der Waals surface area contributed by atoms with E-state index < -0.39 is 0 Å². The van der Waals surface area contributed by atoms with Crippen LogP contribution in [0, 0.1) is 5.92 Å². The number of anilines is 1. The Morgan fingerprint density at radius 3 is 2.78 bits per heavy atom. The van der Waals surface area contributed by atoms with Gasteiger partial charge in [0.2, 0.25) is 5.91 Å². The lowest BCUT2D eigenvalue weighted by atomic mass is 9.89. The van der Waals surface area contributed by atoms with Gasteiger partial charge in [-0.3, -0.25) is 19.0 Å². The number of carbonyl (C=O) groups is 2. The van der Waals surface area contributed by atoms with Gasteiger partial charge in [-0.1, -0.05) is 24.8 Å². The number of fused-ring (bicyclic) bond motifs is 3. The molecule has 2 heterocycles. The van der Waals surface area contributed by atoms with Crippen molar-refractivity contribution in [2.45, 2.75) is 44.8 Å². The van der Waals surface area contributed by atoms with Crippen LogP contribution in [0.5, 0.6) is 0 Å². The zero-order valence-electron chi connectivity index (χ0n) is 18.1. The quantitative estimate of drug-likeness (QED) is 0.236. The third-order valence-corrected chi connectivity index (χ3v) is 7.68. The molecule has 0 aliphatic heterocycles. The second kappa shape index (κ2) is 9.42. The third-order valence-electron chi connectivity index (χ3n) is 5.55. The Morgan fingerprint density at radius 2 is 2.09 bits per heavy atom. The van der Waals surface area contributed by atoms with Crippen molar-refractivity contribution < 1.29 is 9.59 Å². The number of thiophene rings is 1. The largest absolute Gasteiger partial charge is 0.326 e. The fraction of sp³-hybridized carbons (Fsp3) is 0.333. The fourth-order valence-electron chi connectivity index (χ4n) is 3.96. The molecule has 32 heavy (non-hydrogen) atoms. The standard InChI is InChI=1S/C24H25N3O3S2/c1-4-11-27-23(30)21-18-10-5-14(2)12-20(18)32-22(21)26-24(27)31-13-19(29)16-6-8-17(9-7-16)25-15(3)28/h4,6-9,14H,1,5,10-13H2,2-3H3,(H,25,28). The molecule has 6 nitrogen and oxygen atoms in total. The van der Waals surface area contributed by atoms with Gasteiger partial charge in [0.15, 0.2) is 10.9 Å².